The fourth-order valence-electron chi connectivity index (χ4n) is 10.8. The molecular formula is C33H31Cl4F2N3O4. The molecule has 4 saturated carbocycles. The minimum absolute atomic E-state index is 0.0474. The number of nitrogens with zero attached hydrogens (tertiary/aromatic N) is 2. The summed E-state index contributed by atoms with van der Waals surface area (Å²) >= 11 is 25.7. The highest BCUT2D eigenvalue weighted by Gasteiger charge is 2.75. The Morgan fingerprint density at radius 1 is 0.913 bits per heavy atom. The van der Waals surface area contributed by atoms with Crippen LogP contribution in [0.2, 0.25) is 20.1 Å². The normalized spacial score (nSPS) is 36.6. The van der Waals surface area contributed by atoms with Crippen LogP contribution in [0.5, 0.6) is 0 Å². The first-order valence-electron chi connectivity index (χ1n) is 15.7. The third-order valence-corrected chi connectivity index (χ3v) is 12.6. The molecule has 0 unspecified atom stereocenters. The van der Waals surface area contributed by atoms with E-state index in [1.807, 2.05) is 0 Å². The van der Waals surface area contributed by atoms with Crippen molar-refractivity contribution in [1.82, 2.24) is 4.90 Å². The van der Waals surface area contributed by atoms with Crippen LogP contribution in [0.3, 0.4) is 0 Å². The van der Waals surface area contributed by atoms with Gasteiger partial charge in [0.15, 0.2) is 0 Å². The van der Waals surface area contributed by atoms with E-state index in [0.717, 1.165) is 19.3 Å². The van der Waals surface area contributed by atoms with E-state index in [-0.39, 0.29) is 43.3 Å². The number of carbonyl (C=O) groups excluding carboxylic acids is 2. The van der Waals surface area contributed by atoms with Crippen molar-refractivity contribution in [2.24, 2.45) is 35.0 Å². The average Bonchev–Trinajstić information content (AvgIpc) is 3.51. The first-order chi connectivity index (χ1) is 21.7. The van der Waals surface area contributed by atoms with E-state index in [1.165, 1.54) is 47.3 Å². The topological polar surface area (TPSA) is 90.0 Å². The molecule has 4 bridgehead atoms. The third-order valence-electron chi connectivity index (χ3n) is 11.7. The molecule has 2 N–H and O–H groups in total. The van der Waals surface area contributed by atoms with Gasteiger partial charge >= 0.3 is 5.97 Å². The Hall–Kier alpha value is -2.17. The summed E-state index contributed by atoms with van der Waals surface area (Å²) in [6.45, 7) is -0.619. The molecule has 3 heterocycles. The monoisotopic (exact) mass is 711 g/mol. The number of carboxylic acid groups (broad SMARTS) is 1. The number of nitrogens with one attached hydrogen (secondary N) is 1. The largest absolute Gasteiger partial charge is 0.481 e. The first kappa shape index (κ1) is 31.1. The SMILES string of the molecule is O=C(O)[C@H]1[C@@H](C(=O)N(CC23CC4CC(CC(C4)C2)C3)c2cc(Cl)cc(Cl)c2)[C@H]2CC(F)(F)CN2[C@]12C(=O)Nc1c(Cl)cc(Cl)cc12. The van der Waals surface area contributed by atoms with Gasteiger partial charge in [-0.15, -0.1) is 0 Å². The maximum atomic E-state index is 15.4. The molecule has 1 spiro atoms. The summed E-state index contributed by atoms with van der Waals surface area (Å²) in [5, 5.41) is 14.3. The van der Waals surface area contributed by atoms with Gasteiger partial charge in [0.1, 0.15) is 11.5 Å². The summed E-state index contributed by atoms with van der Waals surface area (Å²) in [6, 6.07) is 6.26. The minimum Gasteiger partial charge on any atom is -0.481 e. The van der Waals surface area contributed by atoms with Crippen molar-refractivity contribution in [3.8, 4) is 0 Å². The van der Waals surface area contributed by atoms with Crippen LogP contribution in [-0.4, -0.2) is 52.8 Å². The standard InChI is InChI=1S/C33H31Cl4F2N3O4/c34-18-4-19(35)6-21(5-18)41(13-31-9-15-1-16(10-31)3-17(2-15)11-31)28(43)25-24-12-32(38,39)14-42(24)33(26(25)29(44)45)22-7-20(36)8-23(37)27(22)40-30(33)46/h4-8,15-17,24-26H,1-3,9-14H2,(H,40,46)(H,44,45)/t15?,16?,17?,24-,25+,26-,31?,33+/m1/s1. The zero-order valence-corrected chi connectivity index (χ0v) is 27.6. The van der Waals surface area contributed by atoms with Crippen molar-refractivity contribution in [3.05, 3.63) is 56.0 Å². The zero-order valence-electron chi connectivity index (χ0n) is 24.5. The van der Waals surface area contributed by atoms with Crippen LogP contribution in [0, 0.1) is 35.0 Å². The number of hydrogen-bond acceptors (Lipinski definition) is 4. The Labute approximate surface area is 284 Å². The molecule has 3 aliphatic heterocycles. The van der Waals surface area contributed by atoms with Crippen LogP contribution < -0.4 is 10.2 Å². The fourth-order valence-corrected chi connectivity index (χ4v) is 11.8. The third kappa shape index (κ3) is 4.55. The molecule has 6 fully saturated rings. The fraction of sp³-hybridized carbons (Fsp3) is 0.545. The summed E-state index contributed by atoms with van der Waals surface area (Å²) in [7, 11) is 0. The maximum Gasteiger partial charge on any atom is 0.310 e. The van der Waals surface area contributed by atoms with Crippen molar-refractivity contribution >= 4 is 75.6 Å². The van der Waals surface area contributed by atoms with E-state index in [9.17, 15) is 14.7 Å². The molecule has 46 heavy (non-hydrogen) atoms. The van der Waals surface area contributed by atoms with E-state index in [2.05, 4.69) is 5.32 Å². The summed E-state index contributed by atoms with van der Waals surface area (Å²) in [5.41, 5.74) is -1.78. The first-order valence-corrected chi connectivity index (χ1v) is 17.2. The van der Waals surface area contributed by atoms with Crippen molar-refractivity contribution < 1.29 is 28.3 Å². The summed E-state index contributed by atoms with van der Waals surface area (Å²) in [5.74, 6) is -7.74. The molecule has 9 rings (SSSR count). The summed E-state index contributed by atoms with van der Waals surface area (Å²) in [4.78, 5) is 45.4. The second-order valence-electron chi connectivity index (χ2n) is 14.6. The molecule has 244 valence electrons. The van der Waals surface area contributed by atoms with Gasteiger partial charge in [-0.25, -0.2) is 8.78 Å². The van der Waals surface area contributed by atoms with E-state index < -0.39 is 60.1 Å². The number of carboxylic acids is 1. The Balaban J connectivity index is 1.29. The number of anilines is 2. The number of rotatable bonds is 5. The van der Waals surface area contributed by atoms with E-state index in [1.54, 1.807) is 12.1 Å². The van der Waals surface area contributed by atoms with Crippen LogP contribution in [0.4, 0.5) is 20.2 Å². The molecule has 2 aromatic rings. The molecule has 7 nitrogen and oxygen atoms in total. The number of aliphatic carboxylic acids is 1. The van der Waals surface area contributed by atoms with Crippen LogP contribution >= 0.6 is 46.4 Å². The van der Waals surface area contributed by atoms with Gasteiger partial charge in [0.2, 0.25) is 5.91 Å². The molecule has 4 aliphatic carbocycles. The lowest BCUT2D eigenvalue weighted by Gasteiger charge is -2.58. The minimum atomic E-state index is -3.28. The molecule has 7 aliphatic rings. The highest BCUT2D eigenvalue weighted by atomic mass is 35.5. The molecule has 0 aromatic heterocycles. The van der Waals surface area contributed by atoms with Crippen LogP contribution in [0.25, 0.3) is 0 Å². The Morgan fingerprint density at radius 3 is 2.09 bits per heavy atom. The Morgan fingerprint density at radius 2 is 1.50 bits per heavy atom. The lowest BCUT2D eigenvalue weighted by atomic mass is 9.49. The second kappa shape index (κ2) is 10.4. The number of alkyl halides is 2. The Bertz CT molecular complexity index is 1650. The molecule has 2 aromatic carbocycles. The van der Waals surface area contributed by atoms with Crippen molar-refractivity contribution in [1.29, 1.82) is 0 Å². The number of fused-ring (bicyclic) bond motifs is 4. The van der Waals surface area contributed by atoms with Crippen molar-refractivity contribution in [2.45, 2.75) is 62.4 Å². The van der Waals surface area contributed by atoms with E-state index in [4.69, 9.17) is 46.4 Å². The molecule has 2 saturated heterocycles. The molecule has 0 radical (unpaired) electrons. The molecule has 4 atom stereocenters. The zero-order chi connectivity index (χ0) is 32.5. The predicted molar refractivity (Wildman–Crippen MR) is 171 cm³/mol. The lowest BCUT2D eigenvalue weighted by Crippen LogP contribution is -2.56. The van der Waals surface area contributed by atoms with E-state index in [0.29, 0.717) is 23.4 Å². The second-order valence-corrected chi connectivity index (χ2v) is 16.3. The molecular weight excluding hydrogens is 682 g/mol. The highest BCUT2D eigenvalue weighted by Crippen LogP contribution is 2.63. The van der Waals surface area contributed by atoms with E-state index >= 15 is 13.6 Å². The van der Waals surface area contributed by atoms with Gasteiger partial charge in [-0.2, -0.15) is 0 Å². The molecule has 2 amide bonds. The smallest absolute Gasteiger partial charge is 0.310 e. The number of amides is 2. The molecule has 13 heteroatoms. The van der Waals surface area contributed by atoms with Crippen molar-refractivity contribution in [3.63, 3.8) is 0 Å². The number of carbonyl (C=O) groups is 3. The number of hydrogen-bond donors (Lipinski definition) is 2. The average molecular weight is 713 g/mol. The Kier molecular flexibility index (Phi) is 7.05. The van der Waals surface area contributed by atoms with Crippen LogP contribution in [0.1, 0.15) is 50.5 Å². The van der Waals surface area contributed by atoms with Gasteiger partial charge in [0.05, 0.1) is 23.2 Å². The summed E-state index contributed by atoms with van der Waals surface area (Å²) in [6.07, 6.45) is 5.56. The highest BCUT2D eigenvalue weighted by molar-refractivity contribution is 6.38. The van der Waals surface area contributed by atoms with Gasteiger partial charge in [0.25, 0.3) is 11.8 Å². The van der Waals surface area contributed by atoms with Gasteiger partial charge in [-0.05, 0) is 92.0 Å². The van der Waals surface area contributed by atoms with Gasteiger partial charge in [-0.3, -0.25) is 19.3 Å². The van der Waals surface area contributed by atoms with Gasteiger partial charge < -0.3 is 15.3 Å². The maximum absolute atomic E-state index is 15.4. The van der Waals surface area contributed by atoms with Gasteiger partial charge in [-0.1, -0.05) is 46.4 Å². The van der Waals surface area contributed by atoms with Gasteiger partial charge in [0, 0.05) is 45.3 Å². The predicted octanol–water partition coefficient (Wildman–Crippen LogP) is 7.74. The van der Waals surface area contributed by atoms with Crippen LogP contribution in [-0.2, 0) is 19.9 Å². The number of halogens is 6. The quantitative estimate of drug-likeness (QED) is 0.331. The number of benzene rings is 2. The lowest BCUT2D eigenvalue weighted by molar-refractivity contribution is -0.153. The summed E-state index contributed by atoms with van der Waals surface area (Å²) < 4.78 is 30.8. The van der Waals surface area contributed by atoms with Crippen LogP contribution in [0.15, 0.2) is 30.3 Å². The van der Waals surface area contributed by atoms with Crippen molar-refractivity contribution in [2.75, 3.05) is 23.3 Å².